The van der Waals surface area contributed by atoms with Crippen molar-refractivity contribution >= 4 is 7.32 Å². The molecule has 3 nitrogen and oxygen atoms in total. The summed E-state index contributed by atoms with van der Waals surface area (Å²) in [5.41, 5.74) is 1.28. The van der Waals surface area contributed by atoms with E-state index < -0.39 is 7.32 Å². The Morgan fingerprint density at radius 3 is 1.77 bits per heavy atom. The number of hydrogen-bond acceptors (Lipinski definition) is 3. The lowest BCUT2D eigenvalue weighted by atomic mass is 10.0. The summed E-state index contributed by atoms with van der Waals surface area (Å²) in [7, 11) is -1.74. The quantitative estimate of drug-likeness (QED) is 0.417. The van der Waals surface area contributed by atoms with Crippen LogP contribution in [0.5, 0.6) is 5.75 Å². The maximum absolute atomic E-state index is 8.71. The van der Waals surface area contributed by atoms with Crippen molar-refractivity contribution in [2.24, 2.45) is 0 Å². The van der Waals surface area contributed by atoms with Gasteiger partial charge in [0.25, 0.3) is 0 Å². The van der Waals surface area contributed by atoms with Gasteiger partial charge in [0.1, 0.15) is 5.75 Å². The van der Waals surface area contributed by atoms with Gasteiger partial charge < -0.3 is 14.7 Å². The van der Waals surface area contributed by atoms with Crippen LogP contribution in [0, 0.1) is 0 Å². The average Bonchev–Trinajstić information content (AvgIpc) is 2.50. The minimum Gasteiger partial charge on any atom is -0.512 e. The van der Waals surface area contributed by atoms with Gasteiger partial charge in [0.15, 0.2) is 0 Å². The van der Waals surface area contributed by atoms with Crippen LogP contribution in [-0.4, -0.2) is 17.4 Å². The van der Waals surface area contributed by atoms with Crippen molar-refractivity contribution in [1.29, 1.82) is 0 Å². The Hall–Kier alpha value is -0.995. The molecule has 4 heteroatoms. The number of aryl methyl sites for hydroxylation is 1. The SMILES string of the molecule is CCCCCCCCCCCCc1ccc(OB(O)O)cc1. The summed E-state index contributed by atoms with van der Waals surface area (Å²) in [6.07, 6.45) is 14.6. The molecule has 1 rings (SSSR count). The predicted molar refractivity (Wildman–Crippen MR) is 92.8 cm³/mol. The van der Waals surface area contributed by atoms with Crippen molar-refractivity contribution in [2.75, 3.05) is 0 Å². The molecule has 0 radical (unpaired) electrons. The fraction of sp³-hybridized carbons (Fsp3) is 0.667. The van der Waals surface area contributed by atoms with Gasteiger partial charge in [-0.25, -0.2) is 0 Å². The first kappa shape index (κ1) is 19.1. The Kier molecular flexibility index (Phi) is 10.9. The topological polar surface area (TPSA) is 49.7 Å². The summed E-state index contributed by atoms with van der Waals surface area (Å²) in [6, 6.07) is 7.55. The summed E-state index contributed by atoms with van der Waals surface area (Å²) >= 11 is 0. The van der Waals surface area contributed by atoms with Crippen LogP contribution in [0.25, 0.3) is 0 Å². The van der Waals surface area contributed by atoms with Crippen molar-refractivity contribution in [3.8, 4) is 5.75 Å². The maximum atomic E-state index is 8.71. The van der Waals surface area contributed by atoms with Crippen molar-refractivity contribution in [1.82, 2.24) is 0 Å². The second-order valence-corrected chi connectivity index (χ2v) is 6.02. The molecule has 0 aliphatic carbocycles. The molecule has 0 amide bonds. The van der Waals surface area contributed by atoms with Gasteiger partial charge in [-0.05, 0) is 30.5 Å². The van der Waals surface area contributed by atoms with E-state index in [2.05, 4.69) is 6.92 Å². The van der Waals surface area contributed by atoms with Crippen molar-refractivity contribution in [3.63, 3.8) is 0 Å². The molecule has 1 aromatic rings. The lowest BCUT2D eigenvalue weighted by Crippen LogP contribution is -2.20. The molecule has 124 valence electrons. The first-order valence-electron chi connectivity index (χ1n) is 8.84. The van der Waals surface area contributed by atoms with E-state index in [0.29, 0.717) is 5.75 Å². The van der Waals surface area contributed by atoms with Crippen molar-refractivity contribution in [3.05, 3.63) is 29.8 Å². The maximum Gasteiger partial charge on any atom is 0.707 e. The molecule has 0 aromatic heterocycles. The molecule has 1 aromatic carbocycles. The van der Waals surface area contributed by atoms with E-state index in [1.807, 2.05) is 12.1 Å². The second kappa shape index (κ2) is 12.5. The second-order valence-electron chi connectivity index (χ2n) is 6.02. The van der Waals surface area contributed by atoms with Gasteiger partial charge in [0.2, 0.25) is 0 Å². The molecular formula is C18H31BO3. The molecule has 0 saturated carbocycles. The molecule has 0 fully saturated rings. The molecule has 0 aliphatic heterocycles. The van der Waals surface area contributed by atoms with Gasteiger partial charge in [-0.15, -0.1) is 0 Å². The van der Waals surface area contributed by atoms with Gasteiger partial charge in [-0.1, -0.05) is 76.8 Å². The smallest absolute Gasteiger partial charge is 0.512 e. The standard InChI is InChI=1S/C18H31BO3/c1-2-3-4-5-6-7-8-9-10-11-12-17-13-15-18(16-14-17)22-19(20)21/h13-16,20-21H,2-12H2,1H3. The minimum absolute atomic E-state index is 0.488. The predicted octanol–water partition coefficient (Wildman–Crippen LogP) is 4.50. The van der Waals surface area contributed by atoms with Gasteiger partial charge in [-0.2, -0.15) is 0 Å². The van der Waals surface area contributed by atoms with Crippen LogP contribution < -0.4 is 4.65 Å². The Bertz CT molecular complexity index is 365. The monoisotopic (exact) mass is 306 g/mol. The number of rotatable bonds is 13. The minimum atomic E-state index is -1.74. The number of unbranched alkanes of at least 4 members (excludes halogenated alkanes) is 9. The fourth-order valence-corrected chi connectivity index (χ4v) is 2.67. The largest absolute Gasteiger partial charge is 0.707 e. The molecule has 0 unspecified atom stereocenters. The Morgan fingerprint density at radius 2 is 1.27 bits per heavy atom. The zero-order valence-electron chi connectivity index (χ0n) is 14.0. The first-order chi connectivity index (χ1) is 10.7. The fourth-order valence-electron chi connectivity index (χ4n) is 2.67. The zero-order valence-corrected chi connectivity index (χ0v) is 14.0. The van der Waals surface area contributed by atoms with Gasteiger partial charge in [-0.3, -0.25) is 0 Å². The van der Waals surface area contributed by atoms with Gasteiger partial charge in [0.05, 0.1) is 0 Å². The molecule has 0 bridgehead atoms. The molecule has 2 N–H and O–H groups in total. The number of benzene rings is 1. The van der Waals surface area contributed by atoms with E-state index in [9.17, 15) is 0 Å². The van der Waals surface area contributed by atoms with Crippen LogP contribution in [0.3, 0.4) is 0 Å². The van der Waals surface area contributed by atoms with E-state index in [1.165, 1.54) is 69.8 Å². The van der Waals surface area contributed by atoms with Crippen LogP contribution in [0.2, 0.25) is 0 Å². The first-order valence-corrected chi connectivity index (χ1v) is 8.84. The lowest BCUT2D eigenvalue weighted by molar-refractivity contribution is 0.288. The van der Waals surface area contributed by atoms with Gasteiger partial charge in [0, 0.05) is 0 Å². The van der Waals surface area contributed by atoms with Crippen LogP contribution >= 0.6 is 0 Å². The summed E-state index contributed by atoms with van der Waals surface area (Å²) in [4.78, 5) is 0. The van der Waals surface area contributed by atoms with E-state index in [-0.39, 0.29) is 0 Å². The summed E-state index contributed by atoms with van der Waals surface area (Å²) in [5.74, 6) is 0.488. The van der Waals surface area contributed by atoms with Crippen molar-refractivity contribution in [2.45, 2.75) is 77.6 Å². The molecule has 22 heavy (non-hydrogen) atoms. The molecule has 0 spiro atoms. The van der Waals surface area contributed by atoms with E-state index in [0.717, 1.165) is 6.42 Å². The highest BCUT2D eigenvalue weighted by Gasteiger charge is 2.10. The Balaban J connectivity index is 1.98. The van der Waals surface area contributed by atoms with Crippen LogP contribution in [0.1, 0.15) is 76.7 Å². The Labute approximate surface area is 135 Å². The number of hydrogen-bond donors (Lipinski definition) is 2. The van der Waals surface area contributed by atoms with Crippen LogP contribution in [-0.2, 0) is 6.42 Å². The van der Waals surface area contributed by atoms with Gasteiger partial charge >= 0.3 is 7.32 Å². The highest BCUT2D eigenvalue weighted by Crippen LogP contribution is 2.15. The highest BCUT2D eigenvalue weighted by molar-refractivity contribution is 6.33. The van der Waals surface area contributed by atoms with Crippen LogP contribution in [0.4, 0.5) is 0 Å². The average molecular weight is 306 g/mol. The van der Waals surface area contributed by atoms with Crippen molar-refractivity contribution < 1.29 is 14.7 Å². The highest BCUT2D eigenvalue weighted by atomic mass is 16.6. The third-order valence-electron chi connectivity index (χ3n) is 3.98. The van der Waals surface area contributed by atoms with E-state index in [4.69, 9.17) is 14.7 Å². The molecule has 0 heterocycles. The summed E-state index contributed by atoms with van der Waals surface area (Å²) in [5, 5.41) is 17.4. The van der Waals surface area contributed by atoms with Crippen LogP contribution in [0.15, 0.2) is 24.3 Å². The lowest BCUT2D eigenvalue weighted by Gasteiger charge is -2.06. The van der Waals surface area contributed by atoms with E-state index in [1.54, 1.807) is 12.1 Å². The zero-order chi connectivity index (χ0) is 16.0. The molecule has 0 atom stereocenters. The summed E-state index contributed by atoms with van der Waals surface area (Å²) < 4.78 is 4.79. The normalized spacial score (nSPS) is 10.7. The molecule has 0 saturated heterocycles. The molecule has 0 aliphatic rings. The Morgan fingerprint density at radius 1 is 0.773 bits per heavy atom. The van der Waals surface area contributed by atoms with E-state index >= 15 is 0 Å². The summed E-state index contributed by atoms with van der Waals surface area (Å²) in [6.45, 7) is 2.26. The third-order valence-corrected chi connectivity index (χ3v) is 3.98. The molecular weight excluding hydrogens is 275 g/mol. The third kappa shape index (κ3) is 9.85.